The molecule has 4 heteroatoms. The van der Waals surface area contributed by atoms with Gasteiger partial charge in [0.25, 0.3) is 0 Å². The second kappa shape index (κ2) is 4.42. The molecule has 1 aliphatic carbocycles. The molecule has 0 spiro atoms. The molecule has 0 bridgehead atoms. The molecule has 1 saturated carbocycles. The van der Waals surface area contributed by atoms with E-state index < -0.39 is 0 Å². The molecule has 2 N–H and O–H groups in total. The highest BCUT2D eigenvalue weighted by molar-refractivity contribution is 5.75. The quantitative estimate of drug-likeness (QED) is 0.791. The van der Waals surface area contributed by atoms with Crippen LogP contribution < -0.4 is 5.73 Å². The van der Waals surface area contributed by atoms with Gasteiger partial charge >= 0.3 is 0 Å². The molecule has 100 valence electrons. The van der Waals surface area contributed by atoms with E-state index in [1.54, 1.807) is 0 Å². The van der Waals surface area contributed by atoms with E-state index in [0.29, 0.717) is 6.04 Å². The summed E-state index contributed by atoms with van der Waals surface area (Å²) in [5.74, 6) is 0.946. The van der Waals surface area contributed by atoms with Crippen molar-refractivity contribution in [3.8, 4) is 0 Å². The molecule has 1 aromatic carbocycles. The summed E-state index contributed by atoms with van der Waals surface area (Å²) in [5, 5.41) is 0. The molecular formula is C16H16N4. The van der Waals surface area contributed by atoms with Crippen molar-refractivity contribution in [3.63, 3.8) is 0 Å². The van der Waals surface area contributed by atoms with Gasteiger partial charge in [-0.3, -0.25) is 4.98 Å². The van der Waals surface area contributed by atoms with Crippen LogP contribution in [0.25, 0.3) is 11.0 Å². The SMILES string of the molecule is NC(c1ccccc1)c1nc2cnccc2n1C1CC1. The van der Waals surface area contributed by atoms with E-state index in [9.17, 15) is 0 Å². The first-order chi connectivity index (χ1) is 9.84. The molecule has 0 radical (unpaired) electrons. The lowest BCUT2D eigenvalue weighted by Crippen LogP contribution is -2.17. The number of nitrogens with zero attached hydrogens (tertiary/aromatic N) is 3. The molecule has 1 fully saturated rings. The molecule has 0 saturated heterocycles. The number of hydrogen-bond acceptors (Lipinski definition) is 3. The fourth-order valence-corrected chi connectivity index (χ4v) is 2.71. The largest absolute Gasteiger partial charge is 0.323 e. The van der Waals surface area contributed by atoms with Gasteiger partial charge in [-0.15, -0.1) is 0 Å². The van der Waals surface area contributed by atoms with Crippen molar-refractivity contribution in [1.82, 2.24) is 14.5 Å². The molecule has 4 nitrogen and oxygen atoms in total. The van der Waals surface area contributed by atoms with Gasteiger partial charge in [-0.05, 0) is 24.5 Å². The molecule has 20 heavy (non-hydrogen) atoms. The second-order valence-electron chi connectivity index (χ2n) is 5.32. The van der Waals surface area contributed by atoms with Gasteiger partial charge in [0.2, 0.25) is 0 Å². The Labute approximate surface area is 117 Å². The summed E-state index contributed by atoms with van der Waals surface area (Å²) in [5.41, 5.74) is 9.61. The third kappa shape index (κ3) is 1.80. The van der Waals surface area contributed by atoms with Gasteiger partial charge in [0.1, 0.15) is 11.3 Å². The summed E-state index contributed by atoms with van der Waals surface area (Å²) in [6.07, 6.45) is 6.06. The van der Waals surface area contributed by atoms with Gasteiger partial charge in [0, 0.05) is 12.2 Å². The Kier molecular flexibility index (Phi) is 2.57. The second-order valence-corrected chi connectivity index (χ2v) is 5.32. The van der Waals surface area contributed by atoms with Crippen LogP contribution in [0, 0.1) is 0 Å². The average molecular weight is 264 g/mol. The smallest absolute Gasteiger partial charge is 0.131 e. The molecule has 1 aliphatic rings. The van der Waals surface area contributed by atoms with Crippen LogP contribution in [-0.4, -0.2) is 14.5 Å². The molecule has 0 aliphatic heterocycles. The first kappa shape index (κ1) is 11.6. The van der Waals surface area contributed by atoms with E-state index in [2.05, 4.69) is 21.7 Å². The maximum absolute atomic E-state index is 6.44. The Morgan fingerprint density at radius 1 is 1.15 bits per heavy atom. The fourth-order valence-electron chi connectivity index (χ4n) is 2.71. The van der Waals surface area contributed by atoms with Crippen LogP contribution >= 0.6 is 0 Å². The lowest BCUT2D eigenvalue weighted by Gasteiger charge is -2.14. The van der Waals surface area contributed by atoms with Gasteiger partial charge in [0.15, 0.2) is 0 Å². The van der Waals surface area contributed by atoms with Crippen LogP contribution in [0.2, 0.25) is 0 Å². The highest BCUT2D eigenvalue weighted by atomic mass is 15.2. The molecule has 4 rings (SSSR count). The monoisotopic (exact) mass is 264 g/mol. The molecule has 3 aromatic rings. The minimum atomic E-state index is -0.191. The average Bonchev–Trinajstić information content (AvgIpc) is 3.27. The zero-order chi connectivity index (χ0) is 13.5. The van der Waals surface area contributed by atoms with Crippen LogP contribution in [0.4, 0.5) is 0 Å². The lowest BCUT2D eigenvalue weighted by atomic mass is 10.1. The number of benzene rings is 1. The van der Waals surface area contributed by atoms with Crippen molar-refractivity contribution in [2.75, 3.05) is 0 Å². The van der Waals surface area contributed by atoms with Crippen LogP contribution in [0.15, 0.2) is 48.8 Å². The number of nitrogens with two attached hydrogens (primary N) is 1. The summed E-state index contributed by atoms with van der Waals surface area (Å²) in [7, 11) is 0. The zero-order valence-corrected chi connectivity index (χ0v) is 11.1. The minimum absolute atomic E-state index is 0.191. The summed E-state index contributed by atoms with van der Waals surface area (Å²) in [4.78, 5) is 8.89. The predicted molar refractivity (Wildman–Crippen MR) is 78.3 cm³/mol. The number of pyridine rings is 1. The van der Waals surface area contributed by atoms with E-state index >= 15 is 0 Å². The number of aromatic nitrogens is 3. The lowest BCUT2D eigenvalue weighted by molar-refractivity contribution is 0.659. The highest BCUT2D eigenvalue weighted by Crippen LogP contribution is 2.40. The van der Waals surface area contributed by atoms with Crippen molar-refractivity contribution in [3.05, 3.63) is 60.2 Å². The predicted octanol–water partition coefficient (Wildman–Crippen LogP) is 2.81. The van der Waals surface area contributed by atoms with Gasteiger partial charge in [-0.25, -0.2) is 4.98 Å². The summed E-state index contributed by atoms with van der Waals surface area (Å²) >= 11 is 0. The van der Waals surface area contributed by atoms with Gasteiger partial charge in [0.05, 0.1) is 17.8 Å². The van der Waals surface area contributed by atoms with Crippen molar-refractivity contribution < 1.29 is 0 Å². The third-order valence-corrected chi connectivity index (χ3v) is 3.87. The number of imidazole rings is 1. The minimum Gasteiger partial charge on any atom is -0.323 e. The number of fused-ring (bicyclic) bond motifs is 1. The van der Waals surface area contributed by atoms with E-state index in [-0.39, 0.29) is 6.04 Å². The van der Waals surface area contributed by atoms with Crippen molar-refractivity contribution in [2.45, 2.75) is 24.9 Å². The van der Waals surface area contributed by atoms with Crippen LogP contribution in [-0.2, 0) is 0 Å². The van der Waals surface area contributed by atoms with Crippen LogP contribution in [0.1, 0.15) is 36.3 Å². The zero-order valence-electron chi connectivity index (χ0n) is 11.1. The molecule has 1 unspecified atom stereocenters. The van der Waals surface area contributed by atoms with E-state index in [1.165, 1.54) is 12.8 Å². The maximum atomic E-state index is 6.44. The molecular weight excluding hydrogens is 248 g/mol. The van der Waals surface area contributed by atoms with Gasteiger partial charge in [-0.2, -0.15) is 0 Å². The molecule has 0 amide bonds. The van der Waals surface area contributed by atoms with Crippen LogP contribution in [0.5, 0.6) is 0 Å². The summed E-state index contributed by atoms with van der Waals surface area (Å²) in [6.45, 7) is 0. The molecule has 2 aromatic heterocycles. The number of hydrogen-bond donors (Lipinski definition) is 1. The van der Waals surface area contributed by atoms with Crippen molar-refractivity contribution >= 4 is 11.0 Å². The summed E-state index contributed by atoms with van der Waals surface area (Å²) in [6, 6.07) is 12.5. The summed E-state index contributed by atoms with van der Waals surface area (Å²) < 4.78 is 2.30. The Morgan fingerprint density at radius 2 is 1.95 bits per heavy atom. The van der Waals surface area contributed by atoms with Gasteiger partial charge in [-0.1, -0.05) is 30.3 Å². The standard InChI is InChI=1S/C16H16N4/c17-15(11-4-2-1-3-5-11)16-19-13-10-18-9-8-14(13)20(16)12-6-7-12/h1-5,8-10,12,15H,6-7,17H2. The highest BCUT2D eigenvalue weighted by Gasteiger charge is 2.30. The Morgan fingerprint density at radius 3 is 2.70 bits per heavy atom. The van der Waals surface area contributed by atoms with Crippen molar-refractivity contribution in [2.24, 2.45) is 5.73 Å². The third-order valence-electron chi connectivity index (χ3n) is 3.87. The normalized spacial score (nSPS) is 16.4. The Bertz CT molecular complexity index is 744. The molecule has 2 heterocycles. The first-order valence-corrected chi connectivity index (χ1v) is 6.97. The van der Waals surface area contributed by atoms with Gasteiger partial charge < -0.3 is 10.3 Å². The topological polar surface area (TPSA) is 56.7 Å². The first-order valence-electron chi connectivity index (χ1n) is 6.97. The van der Waals surface area contributed by atoms with E-state index in [4.69, 9.17) is 10.7 Å². The maximum Gasteiger partial charge on any atom is 0.131 e. The van der Waals surface area contributed by atoms with Crippen molar-refractivity contribution in [1.29, 1.82) is 0 Å². The van der Waals surface area contributed by atoms with Crippen LogP contribution in [0.3, 0.4) is 0 Å². The van der Waals surface area contributed by atoms with E-state index in [1.807, 2.05) is 36.7 Å². The van der Waals surface area contributed by atoms with E-state index in [0.717, 1.165) is 22.4 Å². The fraction of sp³-hybridized carbons (Fsp3) is 0.250. The molecule has 1 atom stereocenters. The Hall–Kier alpha value is -2.20. The Balaban J connectivity index is 1.89. The number of rotatable bonds is 3.